The molecule has 0 aliphatic rings. The zero-order valence-electron chi connectivity index (χ0n) is 13.8. The minimum atomic E-state index is 0.620. The average Bonchev–Trinajstić information content (AvgIpc) is 3.09. The lowest BCUT2D eigenvalue weighted by Gasteiger charge is -2.26. The normalized spacial score (nSPS) is 10.6. The Labute approximate surface area is 153 Å². The summed E-state index contributed by atoms with van der Waals surface area (Å²) in [5.41, 5.74) is 1.07. The molecule has 24 heavy (non-hydrogen) atoms. The van der Waals surface area contributed by atoms with Gasteiger partial charge in [-0.25, -0.2) is 4.98 Å². The Morgan fingerprint density at radius 2 is 2.25 bits per heavy atom. The van der Waals surface area contributed by atoms with Crippen LogP contribution in [0.1, 0.15) is 12.0 Å². The van der Waals surface area contributed by atoms with E-state index in [0.29, 0.717) is 19.7 Å². The molecule has 0 fully saturated rings. The topological polar surface area (TPSA) is 42.3 Å². The van der Waals surface area contributed by atoms with Crippen LogP contribution in [0, 0.1) is 0 Å². The van der Waals surface area contributed by atoms with E-state index in [9.17, 15) is 0 Å². The largest absolute Gasteiger partial charge is 0.383 e. The minimum Gasteiger partial charge on any atom is -0.383 e. The maximum atomic E-state index is 6.29. The van der Waals surface area contributed by atoms with Crippen molar-refractivity contribution in [1.82, 2.24) is 19.8 Å². The number of imidazole rings is 1. The molecule has 0 atom stereocenters. The molecule has 1 aromatic carbocycles. The Morgan fingerprint density at radius 3 is 2.96 bits per heavy atom. The lowest BCUT2D eigenvalue weighted by molar-refractivity contribution is 0.202. The Hall–Kier alpha value is -1.63. The number of thiocarbonyl (C=S) groups is 1. The van der Waals surface area contributed by atoms with E-state index in [-0.39, 0.29) is 0 Å². The molecule has 0 saturated carbocycles. The fourth-order valence-electron chi connectivity index (χ4n) is 2.32. The summed E-state index contributed by atoms with van der Waals surface area (Å²) in [6.07, 6.45) is 6.55. The summed E-state index contributed by atoms with van der Waals surface area (Å²) in [5, 5.41) is 4.72. The van der Waals surface area contributed by atoms with E-state index in [1.807, 2.05) is 36.8 Å². The van der Waals surface area contributed by atoms with Gasteiger partial charge >= 0.3 is 0 Å². The fourth-order valence-corrected chi connectivity index (χ4v) is 2.77. The van der Waals surface area contributed by atoms with Gasteiger partial charge in [0.25, 0.3) is 0 Å². The molecule has 130 valence electrons. The third-order valence-electron chi connectivity index (χ3n) is 3.59. The van der Waals surface area contributed by atoms with Crippen molar-refractivity contribution >= 4 is 28.9 Å². The number of halogens is 1. The number of benzene rings is 1. The van der Waals surface area contributed by atoms with Crippen LogP contribution in [0.2, 0.25) is 5.02 Å². The van der Waals surface area contributed by atoms with Gasteiger partial charge in [0.2, 0.25) is 0 Å². The summed E-state index contributed by atoms with van der Waals surface area (Å²) < 4.78 is 7.13. The van der Waals surface area contributed by atoms with E-state index in [2.05, 4.69) is 19.8 Å². The molecule has 2 rings (SSSR count). The third kappa shape index (κ3) is 6.11. The van der Waals surface area contributed by atoms with Gasteiger partial charge in [0, 0.05) is 50.7 Å². The molecule has 1 aromatic heterocycles. The number of rotatable bonds is 9. The Kier molecular flexibility index (Phi) is 8.01. The number of hydrogen-bond donors (Lipinski definition) is 1. The molecule has 5 nitrogen and oxygen atoms in total. The van der Waals surface area contributed by atoms with Crippen molar-refractivity contribution < 1.29 is 4.74 Å². The maximum absolute atomic E-state index is 6.29. The molecule has 0 aliphatic heterocycles. The summed E-state index contributed by atoms with van der Waals surface area (Å²) in [6.45, 7) is 3.73. The molecule has 0 bridgehead atoms. The first kappa shape index (κ1) is 18.7. The summed E-state index contributed by atoms with van der Waals surface area (Å²) in [4.78, 5) is 6.21. The third-order valence-corrected chi connectivity index (χ3v) is 4.36. The van der Waals surface area contributed by atoms with Crippen LogP contribution >= 0.6 is 23.8 Å². The van der Waals surface area contributed by atoms with Crippen LogP contribution in [-0.4, -0.2) is 46.4 Å². The van der Waals surface area contributed by atoms with Crippen LogP contribution in [0.25, 0.3) is 0 Å². The van der Waals surface area contributed by atoms with Crippen LogP contribution in [0.5, 0.6) is 0 Å². The summed E-state index contributed by atoms with van der Waals surface area (Å²) >= 11 is 11.8. The molecular weight excluding hydrogens is 344 g/mol. The molecule has 1 heterocycles. The molecule has 0 unspecified atom stereocenters. The first-order valence-electron chi connectivity index (χ1n) is 7.91. The van der Waals surface area contributed by atoms with Gasteiger partial charge in [-0.05, 0) is 30.3 Å². The minimum absolute atomic E-state index is 0.620. The van der Waals surface area contributed by atoms with Crippen LogP contribution in [0.15, 0.2) is 43.0 Å². The van der Waals surface area contributed by atoms with Gasteiger partial charge in [-0.15, -0.1) is 0 Å². The van der Waals surface area contributed by atoms with Crippen molar-refractivity contribution in [3.8, 4) is 0 Å². The smallest absolute Gasteiger partial charge is 0.169 e. The second-order valence-electron chi connectivity index (χ2n) is 5.39. The molecule has 0 amide bonds. The van der Waals surface area contributed by atoms with Gasteiger partial charge in [0.1, 0.15) is 0 Å². The molecule has 0 radical (unpaired) electrons. The predicted molar refractivity (Wildman–Crippen MR) is 101 cm³/mol. The van der Waals surface area contributed by atoms with Crippen molar-refractivity contribution in [2.75, 3.05) is 26.8 Å². The first-order chi connectivity index (χ1) is 11.7. The lowest BCUT2D eigenvalue weighted by atomic mass is 10.2. The zero-order chi connectivity index (χ0) is 17.2. The van der Waals surface area contributed by atoms with Gasteiger partial charge in [-0.2, -0.15) is 0 Å². The van der Waals surface area contributed by atoms with Crippen molar-refractivity contribution in [2.24, 2.45) is 0 Å². The van der Waals surface area contributed by atoms with Crippen molar-refractivity contribution in [1.29, 1.82) is 0 Å². The molecule has 0 saturated heterocycles. The second-order valence-corrected chi connectivity index (χ2v) is 6.19. The van der Waals surface area contributed by atoms with Gasteiger partial charge in [-0.3, -0.25) is 0 Å². The van der Waals surface area contributed by atoms with Crippen molar-refractivity contribution in [3.63, 3.8) is 0 Å². The number of nitrogens with zero attached hydrogens (tertiary/aromatic N) is 3. The Bertz CT molecular complexity index is 621. The summed E-state index contributed by atoms with van der Waals surface area (Å²) in [5.74, 6) is 0. The van der Waals surface area contributed by atoms with E-state index < -0.39 is 0 Å². The van der Waals surface area contributed by atoms with E-state index in [0.717, 1.165) is 35.2 Å². The number of nitrogens with one attached hydrogen (secondary N) is 1. The number of ether oxygens (including phenoxy) is 1. The van der Waals surface area contributed by atoms with Gasteiger partial charge in [0.15, 0.2) is 5.11 Å². The van der Waals surface area contributed by atoms with Crippen molar-refractivity contribution in [2.45, 2.75) is 19.5 Å². The molecule has 0 spiro atoms. The van der Waals surface area contributed by atoms with E-state index in [1.165, 1.54) is 0 Å². The lowest BCUT2D eigenvalue weighted by Crippen LogP contribution is -2.41. The van der Waals surface area contributed by atoms with E-state index in [1.54, 1.807) is 13.3 Å². The first-order valence-corrected chi connectivity index (χ1v) is 8.70. The van der Waals surface area contributed by atoms with Gasteiger partial charge in [-0.1, -0.05) is 29.8 Å². The number of methoxy groups -OCH3 is 1. The quantitative estimate of drug-likeness (QED) is 0.546. The highest BCUT2D eigenvalue weighted by Gasteiger charge is 2.12. The fraction of sp³-hybridized carbons (Fsp3) is 0.412. The molecule has 2 aromatic rings. The van der Waals surface area contributed by atoms with Crippen LogP contribution < -0.4 is 5.32 Å². The Morgan fingerprint density at radius 1 is 1.42 bits per heavy atom. The highest BCUT2D eigenvalue weighted by Crippen LogP contribution is 2.17. The van der Waals surface area contributed by atoms with Crippen molar-refractivity contribution in [3.05, 3.63) is 53.6 Å². The highest BCUT2D eigenvalue weighted by molar-refractivity contribution is 7.80. The predicted octanol–water partition coefficient (Wildman–Crippen LogP) is 2.95. The molecule has 0 aliphatic carbocycles. The Balaban J connectivity index is 1.94. The van der Waals surface area contributed by atoms with Crippen LogP contribution in [0.4, 0.5) is 0 Å². The van der Waals surface area contributed by atoms with E-state index in [4.69, 9.17) is 28.6 Å². The highest BCUT2D eigenvalue weighted by atomic mass is 35.5. The van der Waals surface area contributed by atoms with E-state index >= 15 is 0 Å². The standard InChI is InChI=1S/C17H23ClN4OS/c1-23-12-8-20-17(24)22(10-4-9-21-11-7-19-14-21)13-15-5-2-3-6-16(15)18/h2-3,5-7,11,14H,4,8-10,12-13H2,1H3,(H,20,24). The average molecular weight is 367 g/mol. The number of aromatic nitrogens is 2. The SMILES string of the molecule is COCCNC(=S)N(CCCn1ccnc1)Cc1ccccc1Cl. The molecular formula is C17H23ClN4OS. The van der Waals surface area contributed by atoms with Gasteiger partial charge < -0.3 is 19.5 Å². The summed E-state index contributed by atoms with van der Waals surface area (Å²) in [7, 11) is 1.68. The van der Waals surface area contributed by atoms with Crippen LogP contribution in [-0.2, 0) is 17.8 Å². The van der Waals surface area contributed by atoms with Gasteiger partial charge in [0.05, 0.1) is 12.9 Å². The maximum Gasteiger partial charge on any atom is 0.169 e. The number of hydrogen-bond acceptors (Lipinski definition) is 3. The van der Waals surface area contributed by atoms with Crippen LogP contribution in [0.3, 0.4) is 0 Å². The molecule has 7 heteroatoms. The zero-order valence-corrected chi connectivity index (χ0v) is 15.4. The monoisotopic (exact) mass is 366 g/mol. The second kappa shape index (κ2) is 10.3. The molecule has 1 N–H and O–H groups in total. The summed E-state index contributed by atoms with van der Waals surface area (Å²) in [6, 6.07) is 7.86. The number of aryl methyl sites for hydroxylation is 1.